The van der Waals surface area contributed by atoms with E-state index in [1.165, 1.54) is 0 Å². The van der Waals surface area contributed by atoms with Crippen molar-refractivity contribution in [1.29, 1.82) is 0 Å². The van der Waals surface area contributed by atoms with Crippen LogP contribution in [0.5, 0.6) is 0 Å². The normalized spacial score (nSPS) is 15.2. The molecular weight excluding hydrogens is 280 g/mol. The van der Waals surface area contributed by atoms with Crippen LogP contribution in [0.1, 0.15) is 40.3 Å². The van der Waals surface area contributed by atoms with E-state index in [1.807, 2.05) is 30.3 Å². The first-order chi connectivity index (χ1) is 10.5. The first-order valence-electron chi connectivity index (χ1n) is 7.26. The molecule has 1 saturated carbocycles. The summed E-state index contributed by atoms with van der Waals surface area (Å²) in [6.45, 7) is 3.49. The number of carbonyl (C=O) groups excluding carboxylic acids is 2. The highest BCUT2D eigenvalue weighted by Crippen LogP contribution is 2.48. The van der Waals surface area contributed by atoms with E-state index >= 15 is 0 Å². The summed E-state index contributed by atoms with van der Waals surface area (Å²) < 4.78 is 5.32. The Morgan fingerprint density at radius 2 is 1.77 bits per heavy atom. The molecule has 114 valence electrons. The minimum absolute atomic E-state index is 0.176. The number of rotatable bonds is 3. The van der Waals surface area contributed by atoms with E-state index in [0.29, 0.717) is 17.1 Å². The molecule has 1 fully saturated rings. The number of hydrazine groups is 1. The molecular formula is C17H18N2O3. The van der Waals surface area contributed by atoms with Crippen LogP contribution in [0.2, 0.25) is 0 Å². The van der Waals surface area contributed by atoms with Crippen LogP contribution in [0.3, 0.4) is 0 Å². The van der Waals surface area contributed by atoms with Crippen LogP contribution in [0.4, 0.5) is 0 Å². The number of nitrogens with one attached hydrogen (secondary N) is 2. The molecule has 5 nitrogen and oxygen atoms in total. The Bertz CT molecular complexity index is 715. The van der Waals surface area contributed by atoms with Crippen LogP contribution < -0.4 is 10.9 Å². The first-order valence-corrected chi connectivity index (χ1v) is 7.26. The Labute approximate surface area is 128 Å². The Balaban J connectivity index is 1.66. The summed E-state index contributed by atoms with van der Waals surface area (Å²) in [5, 5.41) is 0. The molecule has 0 bridgehead atoms. The van der Waals surface area contributed by atoms with Gasteiger partial charge in [0.05, 0.1) is 11.0 Å². The quantitative estimate of drug-likeness (QED) is 0.855. The molecule has 0 aliphatic heterocycles. The summed E-state index contributed by atoms with van der Waals surface area (Å²) in [5.41, 5.74) is 5.92. The summed E-state index contributed by atoms with van der Waals surface area (Å²) >= 11 is 0. The van der Waals surface area contributed by atoms with Crippen molar-refractivity contribution in [1.82, 2.24) is 10.9 Å². The first kappa shape index (κ1) is 14.4. The third-order valence-corrected chi connectivity index (χ3v) is 4.09. The Hall–Kier alpha value is -2.56. The molecule has 1 aromatic heterocycles. The van der Waals surface area contributed by atoms with E-state index in [0.717, 1.165) is 18.4 Å². The monoisotopic (exact) mass is 298 g/mol. The van der Waals surface area contributed by atoms with Crippen LogP contribution in [0.15, 0.2) is 40.8 Å². The lowest BCUT2D eigenvalue weighted by molar-refractivity contribution is -0.124. The number of hydrogen-bond acceptors (Lipinski definition) is 3. The number of carbonyl (C=O) groups is 2. The van der Waals surface area contributed by atoms with E-state index in [2.05, 4.69) is 10.9 Å². The maximum atomic E-state index is 12.4. The van der Waals surface area contributed by atoms with E-state index < -0.39 is 5.41 Å². The van der Waals surface area contributed by atoms with Crippen molar-refractivity contribution in [3.63, 3.8) is 0 Å². The Morgan fingerprint density at radius 1 is 1.09 bits per heavy atom. The average molecular weight is 298 g/mol. The van der Waals surface area contributed by atoms with Gasteiger partial charge in [-0.25, -0.2) is 0 Å². The van der Waals surface area contributed by atoms with Crippen LogP contribution in [0.25, 0.3) is 0 Å². The predicted octanol–water partition coefficient (Wildman–Crippen LogP) is 2.39. The maximum Gasteiger partial charge on any atom is 0.273 e. The summed E-state index contributed by atoms with van der Waals surface area (Å²) in [7, 11) is 0. The lowest BCUT2D eigenvalue weighted by Crippen LogP contribution is -2.46. The van der Waals surface area contributed by atoms with Gasteiger partial charge in [0.1, 0.15) is 11.5 Å². The molecule has 0 saturated heterocycles. The summed E-state index contributed by atoms with van der Waals surface area (Å²) in [4.78, 5) is 24.5. The van der Waals surface area contributed by atoms with Gasteiger partial charge in [-0.15, -0.1) is 0 Å². The van der Waals surface area contributed by atoms with Crippen LogP contribution in [-0.2, 0) is 10.2 Å². The molecule has 1 aliphatic rings. The largest absolute Gasteiger partial charge is 0.466 e. The fourth-order valence-electron chi connectivity index (χ4n) is 2.69. The second-order valence-electron chi connectivity index (χ2n) is 5.68. The average Bonchev–Trinajstić information content (AvgIpc) is 3.26. The minimum atomic E-state index is -0.504. The fraction of sp³-hybridized carbons (Fsp3) is 0.294. The van der Waals surface area contributed by atoms with Crippen LogP contribution >= 0.6 is 0 Å². The van der Waals surface area contributed by atoms with Crippen molar-refractivity contribution >= 4 is 11.8 Å². The number of furan rings is 1. The van der Waals surface area contributed by atoms with Gasteiger partial charge in [0.25, 0.3) is 5.91 Å². The van der Waals surface area contributed by atoms with Crippen molar-refractivity contribution in [2.45, 2.75) is 32.1 Å². The van der Waals surface area contributed by atoms with Gasteiger partial charge >= 0.3 is 0 Å². The molecule has 3 rings (SSSR count). The Kier molecular flexibility index (Phi) is 3.48. The molecule has 0 unspecified atom stereocenters. The highest BCUT2D eigenvalue weighted by molar-refractivity contribution is 5.98. The number of hydrogen-bond donors (Lipinski definition) is 2. The second kappa shape index (κ2) is 5.33. The molecule has 1 aliphatic carbocycles. The molecule has 5 heteroatoms. The zero-order valence-electron chi connectivity index (χ0n) is 12.6. The lowest BCUT2D eigenvalue weighted by Gasteiger charge is -2.16. The summed E-state index contributed by atoms with van der Waals surface area (Å²) in [6.07, 6.45) is 1.59. The van der Waals surface area contributed by atoms with Gasteiger partial charge in [-0.2, -0.15) is 0 Å². The molecule has 22 heavy (non-hydrogen) atoms. The van der Waals surface area contributed by atoms with Gasteiger partial charge in [-0.05, 0) is 38.3 Å². The predicted molar refractivity (Wildman–Crippen MR) is 81.1 cm³/mol. The highest BCUT2D eigenvalue weighted by Gasteiger charge is 2.51. The number of benzene rings is 1. The Morgan fingerprint density at radius 3 is 2.32 bits per heavy atom. The van der Waals surface area contributed by atoms with Gasteiger partial charge in [0.15, 0.2) is 0 Å². The van der Waals surface area contributed by atoms with Gasteiger partial charge < -0.3 is 4.42 Å². The standard InChI is InChI=1S/C17H18N2O3/c1-11-10-14(12(2)22-11)15(20)18-19-16(21)17(8-9-17)13-6-4-3-5-7-13/h3-7,10H,8-9H2,1-2H3,(H,18,20)(H,19,21). The van der Waals surface area contributed by atoms with Gasteiger partial charge in [0, 0.05) is 0 Å². The van der Waals surface area contributed by atoms with E-state index in [-0.39, 0.29) is 11.8 Å². The third-order valence-electron chi connectivity index (χ3n) is 4.09. The molecule has 2 N–H and O–H groups in total. The molecule has 0 atom stereocenters. The minimum Gasteiger partial charge on any atom is -0.466 e. The van der Waals surface area contributed by atoms with Crippen molar-refractivity contribution in [2.75, 3.05) is 0 Å². The molecule has 1 aromatic carbocycles. The molecule has 1 heterocycles. The zero-order chi connectivity index (χ0) is 15.7. The van der Waals surface area contributed by atoms with Crippen molar-refractivity contribution < 1.29 is 14.0 Å². The van der Waals surface area contributed by atoms with Crippen molar-refractivity contribution in [2.24, 2.45) is 0 Å². The van der Waals surface area contributed by atoms with E-state index in [4.69, 9.17) is 4.42 Å². The summed E-state index contributed by atoms with van der Waals surface area (Å²) in [6, 6.07) is 11.3. The molecule has 0 spiro atoms. The SMILES string of the molecule is Cc1cc(C(=O)NNC(=O)C2(c3ccccc3)CC2)c(C)o1. The molecule has 2 aromatic rings. The zero-order valence-corrected chi connectivity index (χ0v) is 12.6. The third kappa shape index (κ3) is 2.50. The van der Waals surface area contributed by atoms with Crippen molar-refractivity contribution in [3.05, 3.63) is 59.0 Å². The van der Waals surface area contributed by atoms with Gasteiger partial charge in [-0.3, -0.25) is 20.4 Å². The smallest absolute Gasteiger partial charge is 0.273 e. The van der Waals surface area contributed by atoms with Crippen molar-refractivity contribution in [3.8, 4) is 0 Å². The summed E-state index contributed by atoms with van der Waals surface area (Å²) in [5.74, 6) is 0.654. The van der Waals surface area contributed by atoms with E-state index in [1.54, 1.807) is 19.9 Å². The number of aryl methyl sites for hydroxylation is 2. The second-order valence-corrected chi connectivity index (χ2v) is 5.68. The van der Waals surface area contributed by atoms with Crippen LogP contribution in [0, 0.1) is 13.8 Å². The van der Waals surface area contributed by atoms with Gasteiger partial charge in [-0.1, -0.05) is 30.3 Å². The molecule has 0 radical (unpaired) electrons. The lowest BCUT2D eigenvalue weighted by atomic mass is 9.95. The van der Waals surface area contributed by atoms with Gasteiger partial charge in [0.2, 0.25) is 5.91 Å². The van der Waals surface area contributed by atoms with Crippen LogP contribution in [-0.4, -0.2) is 11.8 Å². The highest BCUT2D eigenvalue weighted by atomic mass is 16.3. The topological polar surface area (TPSA) is 71.3 Å². The number of amides is 2. The van der Waals surface area contributed by atoms with E-state index in [9.17, 15) is 9.59 Å². The maximum absolute atomic E-state index is 12.4. The molecule has 2 amide bonds. The fourth-order valence-corrected chi connectivity index (χ4v) is 2.69.